The lowest BCUT2D eigenvalue weighted by atomic mass is 10.1. The molecule has 1 aliphatic rings. The molecule has 0 saturated carbocycles. The Bertz CT molecular complexity index is 1730. The minimum atomic E-state index is -0.603. The number of fused-ring (bicyclic) bond motifs is 3. The zero-order valence-corrected chi connectivity index (χ0v) is 25.9. The average Bonchev–Trinajstić information content (AvgIpc) is 3.41. The van der Waals surface area contributed by atoms with E-state index in [1.807, 2.05) is 61.5 Å². The van der Waals surface area contributed by atoms with Crippen molar-refractivity contribution in [2.75, 3.05) is 41.0 Å². The van der Waals surface area contributed by atoms with Gasteiger partial charge in [0.1, 0.15) is 0 Å². The summed E-state index contributed by atoms with van der Waals surface area (Å²) in [4.78, 5) is 48.5. The highest BCUT2D eigenvalue weighted by atomic mass is 16.5. The van der Waals surface area contributed by atoms with Gasteiger partial charge < -0.3 is 36.6 Å². The first-order valence-corrected chi connectivity index (χ1v) is 15.3. The largest absolute Gasteiger partial charge is 0.449 e. The summed E-state index contributed by atoms with van der Waals surface area (Å²) in [5.74, 6) is 0. The van der Waals surface area contributed by atoms with Crippen LogP contribution in [0.2, 0.25) is 0 Å². The molecule has 1 aliphatic carbocycles. The summed E-state index contributed by atoms with van der Waals surface area (Å²) in [6, 6.07) is 26.9. The van der Waals surface area contributed by atoms with Gasteiger partial charge >= 0.3 is 24.2 Å². The van der Waals surface area contributed by atoms with E-state index in [9.17, 15) is 19.2 Å². The lowest BCUT2D eigenvalue weighted by molar-refractivity contribution is 0.160. The van der Waals surface area contributed by atoms with Gasteiger partial charge in [-0.25, -0.2) is 19.2 Å². The van der Waals surface area contributed by atoms with Crippen molar-refractivity contribution in [3.8, 4) is 11.1 Å². The van der Waals surface area contributed by atoms with Crippen LogP contribution in [-0.4, -0.2) is 43.9 Å². The lowest BCUT2D eigenvalue weighted by Crippen LogP contribution is -2.30. The minimum absolute atomic E-state index is 0.124. The van der Waals surface area contributed by atoms with Crippen molar-refractivity contribution in [2.45, 2.75) is 26.3 Å². The second-order valence-electron chi connectivity index (χ2n) is 10.8. The molecule has 0 spiro atoms. The van der Waals surface area contributed by atoms with Crippen LogP contribution in [0.5, 0.6) is 0 Å². The predicted octanol–water partition coefficient (Wildman–Crippen LogP) is 6.48. The molecule has 0 saturated heterocycles. The van der Waals surface area contributed by atoms with Gasteiger partial charge in [0.2, 0.25) is 0 Å². The van der Waals surface area contributed by atoms with E-state index in [0.717, 1.165) is 33.5 Å². The van der Waals surface area contributed by atoms with Crippen LogP contribution in [-0.2, 0) is 17.7 Å². The molecule has 4 aromatic rings. The fourth-order valence-corrected chi connectivity index (χ4v) is 5.06. The smallest absolute Gasteiger partial charge is 0.411 e. The summed E-state index contributed by atoms with van der Waals surface area (Å²) in [7, 11) is 0. The van der Waals surface area contributed by atoms with Gasteiger partial charge in [0, 0.05) is 42.4 Å². The van der Waals surface area contributed by atoms with E-state index >= 15 is 0 Å². The monoisotopic (exact) mass is 635 g/mol. The Kier molecular flexibility index (Phi) is 10.9. The molecule has 12 nitrogen and oxygen atoms in total. The maximum atomic E-state index is 12.4. The summed E-state index contributed by atoms with van der Waals surface area (Å²) >= 11 is 0. The molecule has 5 rings (SSSR count). The van der Waals surface area contributed by atoms with Gasteiger partial charge in [0.15, 0.2) is 0 Å². The Morgan fingerprint density at radius 3 is 1.81 bits per heavy atom. The Morgan fingerprint density at radius 2 is 1.17 bits per heavy atom. The van der Waals surface area contributed by atoms with Crippen molar-refractivity contribution in [1.82, 2.24) is 16.0 Å². The van der Waals surface area contributed by atoms with Crippen molar-refractivity contribution in [3.05, 3.63) is 108 Å². The molecule has 0 radical (unpaired) electrons. The van der Waals surface area contributed by atoms with E-state index in [-0.39, 0.29) is 24.7 Å². The molecular formula is C35H37N7O5. The van der Waals surface area contributed by atoms with Gasteiger partial charge in [0.05, 0.1) is 6.61 Å². The summed E-state index contributed by atoms with van der Waals surface area (Å²) < 4.78 is 5.22. The predicted molar refractivity (Wildman–Crippen MR) is 183 cm³/mol. The summed E-state index contributed by atoms with van der Waals surface area (Å²) in [5, 5.41) is 19.4. The van der Waals surface area contributed by atoms with Crippen LogP contribution >= 0.6 is 0 Å². The third-order valence-corrected chi connectivity index (χ3v) is 7.26. The van der Waals surface area contributed by atoms with E-state index in [1.165, 1.54) is 0 Å². The van der Waals surface area contributed by atoms with Crippen molar-refractivity contribution in [1.29, 1.82) is 0 Å². The second kappa shape index (κ2) is 15.8. The first kappa shape index (κ1) is 32.4. The Labute approximate surface area is 272 Å². The van der Waals surface area contributed by atoms with E-state index in [0.29, 0.717) is 49.5 Å². The fraction of sp³-hybridized carbons (Fsp3) is 0.200. The highest BCUT2D eigenvalue weighted by molar-refractivity contribution is 5.92. The van der Waals surface area contributed by atoms with E-state index < -0.39 is 6.09 Å². The second-order valence-corrected chi connectivity index (χ2v) is 10.8. The van der Waals surface area contributed by atoms with E-state index in [4.69, 9.17) is 4.74 Å². The van der Waals surface area contributed by atoms with Crippen molar-refractivity contribution >= 4 is 46.9 Å². The van der Waals surface area contributed by atoms with Gasteiger partial charge in [-0.2, -0.15) is 0 Å². The summed E-state index contributed by atoms with van der Waals surface area (Å²) in [6.07, 6.45) is 0.526. The molecule has 12 heteroatoms. The standard InChI is InChI=1S/C35H37N7O5/c1-2-36-32(43)40-28-13-15-30-24(20-28)19-25-21-29(14-16-31(25)30)41-33(44)37-17-6-18-47-35(46)42-27-11-9-23(10-12-27)22-38-34(45)39-26-7-4-3-5-8-26/h3-5,7-16,20-21H,2,6,17-19,22H2,1H3,(H,42,46)(H2,36,40,43)(H2,37,41,44)(H2,38,39,45). The highest BCUT2D eigenvalue weighted by Crippen LogP contribution is 2.39. The zero-order valence-electron chi connectivity index (χ0n) is 25.9. The lowest BCUT2D eigenvalue weighted by Gasteiger charge is -2.10. The molecule has 47 heavy (non-hydrogen) atoms. The Hall–Kier alpha value is -6.04. The van der Waals surface area contributed by atoms with E-state index in [1.54, 1.807) is 36.4 Å². The van der Waals surface area contributed by atoms with Crippen molar-refractivity contribution in [3.63, 3.8) is 0 Å². The normalized spacial score (nSPS) is 10.9. The number of amides is 7. The molecule has 0 aromatic heterocycles. The molecule has 0 heterocycles. The fourth-order valence-electron chi connectivity index (χ4n) is 5.06. The molecule has 7 N–H and O–H groups in total. The minimum Gasteiger partial charge on any atom is -0.449 e. The van der Waals surface area contributed by atoms with Crippen LogP contribution in [0.15, 0.2) is 91.0 Å². The molecular weight excluding hydrogens is 598 g/mol. The molecule has 242 valence electrons. The van der Waals surface area contributed by atoms with Gasteiger partial charge in [-0.05, 0) is 96.1 Å². The topological polar surface area (TPSA) is 162 Å². The summed E-state index contributed by atoms with van der Waals surface area (Å²) in [5.41, 5.74) is 7.92. The van der Waals surface area contributed by atoms with Gasteiger partial charge in [-0.3, -0.25) is 5.32 Å². The van der Waals surface area contributed by atoms with Gasteiger partial charge in [0.25, 0.3) is 0 Å². The number of urea groups is 3. The number of anilines is 4. The number of carbonyl (C=O) groups excluding carboxylic acids is 4. The molecule has 0 unspecified atom stereocenters. The number of carbonyl (C=O) groups is 4. The molecule has 0 aliphatic heterocycles. The van der Waals surface area contributed by atoms with Crippen LogP contribution < -0.4 is 37.2 Å². The SMILES string of the molecule is CCNC(=O)Nc1ccc2c(c1)Cc1cc(NC(=O)NCCCOC(=O)Nc3ccc(CNC(=O)Nc4ccccc4)cc3)ccc1-2. The van der Waals surface area contributed by atoms with Crippen LogP contribution in [0, 0.1) is 0 Å². The number of hydrogen-bond acceptors (Lipinski definition) is 5. The molecule has 0 bridgehead atoms. The van der Waals surface area contributed by atoms with Crippen LogP contribution in [0.25, 0.3) is 11.1 Å². The van der Waals surface area contributed by atoms with Gasteiger partial charge in [-0.15, -0.1) is 0 Å². The number of rotatable bonds is 11. The molecule has 4 aromatic carbocycles. The van der Waals surface area contributed by atoms with E-state index in [2.05, 4.69) is 37.2 Å². The van der Waals surface area contributed by atoms with Crippen LogP contribution in [0.4, 0.5) is 41.9 Å². The number of benzene rings is 4. The first-order chi connectivity index (χ1) is 22.9. The quantitative estimate of drug-likeness (QED) is 0.0826. The Balaban J connectivity index is 0.966. The maximum absolute atomic E-state index is 12.4. The third-order valence-electron chi connectivity index (χ3n) is 7.26. The molecule has 7 amide bonds. The van der Waals surface area contributed by atoms with Crippen LogP contribution in [0.1, 0.15) is 30.0 Å². The number of nitrogens with one attached hydrogen (secondary N) is 7. The van der Waals surface area contributed by atoms with Crippen LogP contribution in [0.3, 0.4) is 0 Å². The maximum Gasteiger partial charge on any atom is 0.411 e. The number of ether oxygens (including phenoxy) is 1. The van der Waals surface area contributed by atoms with Crippen molar-refractivity contribution in [2.24, 2.45) is 0 Å². The average molecular weight is 636 g/mol. The third kappa shape index (κ3) is 9.47. The number of hydrogen-bond donors (Lipinski definition) is 7. The zero-order chi connectivity index (χ0) is 33.0. The Morgan fingerprint density at radius 1 is 0.617 bits per heavy atom. The number of para-hydroxylation sites is 1. The first-order valence-electron chi connectivity index (χ1n) is 15.3. The van der Waals surface area contributed by atoms with Gasteiger partial charge in [-0.1, -0.05) is 42.5 Å². The molecule has 0 atom stereocenters. The van der Waals surface area contributed by atoms with Crippen molar-refractivity contribution < 1.29 is 23.9 Å². The highest BCUT2D eigenvalue weighted by Gasteiger charge is 2.20. The molecule has 0 fully saturated rings. The summed E-state index contributed by atoms with van der Waals surface area (Å²) in [6.45, 7) is 3.18.